The molecule has 4 aliphatic rings. The normalized spacial score (nSPS) is 31.5. The average Bonchev–Trinajstić information content (AvgIpc) is 2.62. The van der Waals surface area contributed by atoms with Crippen molar-refractivity contribution in [1.82, 2.24) is 0 Å². The maximum absolute atomic E-state index is 13.1. The van der Waals surface area contributed by atoms with Crippen molar-refractivity contribution >= 4 is 69.8 Å². The number of esters is 2. The molecule has 1 aromatic carbocycles. The minimum atomic E-state index is -4.20. The molecule has 0 heterocycles. The van der Waals surface area contributed by atoms with Gasteiger partial charge in [-0.1, -0.05) is 15.9 Å². The van der Waals surface area contributed by atoms with Crippen LogP contribution in [-0.2, 0) is 24.4 Å². The quantitative estimate of drug-likeness (QED) is 0.267. The van der Waals surface area contributed by atoms with Gasteiger partial charge in [-0.3, -0.25) is 9.35 Å². The van der Waals surface area contributed by atoms with Gasteiger partial charge in [-0.05, 0) is 87.9 Å². The largest absolute Gasteiger partial charge is 0.464 e. The van der Waals surface area contributed by atoms with E-state index in [0.717, 1.165) is 15.4 Å². The van der Waals surface area contributed by atoms with E-state index in [0.29, 0.717) is 42.1 Å². The van der Waals surface area contributed by atoms with E-state index in [1.165, 1.54) is 0 Å². The van der Waals surface area contributed by atoms with Crippen molar-refractivity contribution in [2.24, 2.45) is 17.3 Å². The molecule has 0 aromatic heterocycles. The number of carbonyl (C=O) groups is 2. The summed E-state index contributed by atoms with van der Waals surface area (Å²) in [5.74, 6) is -1.04. The predicted octanol–water partition coefficient (Wildman–Crippen LogP) is 4.90. The molecule has 31 heavy (non-hydrogen) atoms. The second-order valence-corrected chi connectivity index (χ2v) is 13.1. The molecule has 0 amide bonds. The van der Waals surface area contributed by atoms with Gasteiger partial charge < -0.3 is 9.47 Å². The maximum Gasteiger partial charge on any atom is 0.339 e. The highest BCUT2D eigenvalue weighted by Gasteiger charge is 2.63. The van der Waals surface area contributed by atoms with Gasteiger partial charge >= 0.3 is 11.9 Å². The first-order valence-corrected chi connectivity index (χ1v) is 13.9. The van der Waals surface area contributed by atoms with Gasteiger partial charge in [0.2, 0.25) is 0 Å². The number of ether oxygens (including phenoxy) is 2. The third-order valence-electron chi connectivity index (χ3n) is 6.54. The van der Waals surface area contributed by atoms with Crippen LogP contribution in [0.2, 0.25) is 0 Å². The van der Waals surface area contributed by atoms with Crippen molar-refractivity contribution in [3.05, 3.63) is 31.1 Å². The molecule has 2 unspecified atom stereocenters. The second-order valence-electron chi connectivity index (χ2n) is 8.99. The molecule has 2 atom stereocenters. The molecule has 4 saturated carbocycles. The summed E-state index contributed by atoms with van der Waals surface area (Å²) in [6, 6.07) is 3.51. The lowest BCUT2D eigenvalue weighted by Crippen LogP contribution is -2.60. The number of carbonyl (C=O) groups excluding carboxylic acids is 2. The molecule has 4 bridgehead atoms. The summed E-state index contributed by atoms with van der Waals surface area (Å²) in [4.78, 5) is 26.1. The van der Waals surface area contributed by atoms with Crippen molar-refractivity contribution in [3.63, 3.8) is 0 Å². The molecule has 0 saturated heterocycles. The molecular formula is C20H21Br3O7S. The van der Waals surface area contributed by atoms with Crippen molar-refractivity contribution in [2.75, 3.05) is 12.4 Å². The minimum absolute atomic E-state index is 0.251. The third kappa shape index (κ3) is 4.90. The van der Waals surface area contributed by atoms with E-state index in [4.69, 9.17) is 14.0 Å². The van der Waals surface area contributed by atoms with Crippen LogP contribution >= 0.6 is 47.8 Å². The SMILES string of the molecule is O=C(OC12CC3CC(C1)CC(C(=O)OCCS(=O)(=O)O)(C3)C2)c1cc(Br)cc(Br)c1Br. The first-order chi connectivity index (χ1) is 14.4. The summed E-state index contributed by atoms with van der Waals surface area (Å²) in [5, 5.41) is 0. The highest BCUT2D eigenvalue weighted by Crippen LogP contribution is 2.63. The van der Waals surface area contributed by atoms with Crippen LogP contribution in [0.15, 0.2) is 25.6 Å². The van der Waals surface area contributed by atoms with Crippen LogP contribution in [0.5, 0.6) is 0 Å². The Hall–Kier alpha value is -0.490. The van der Waals surface area contributed by atoms with Crippen LogP contribution in [0.4, 0.5) is 0 Å². The zero-order valence-electron chi connectivity index (χ0n) is 16.4. The highest BCUT2D eigenvalue weighted by molar-refractivity contribution is 9.13. The maximum atomic E-state index is 13.1. The molecule has 1 N–H and O–H groups in total. The standard InChI is InChI=1S/C20H21Br3O7S/c21-13-4-14(16(23)15(22)5-13)17(24)30-20-8-11-3-12(9-20)7-19(6-11,10-20)18(25)29-1-2-31(26,27)28/h4-5,11-12H,1-3,6-10H2,(H,26,27,28). The Balaban J connectivity index is 1.54. The van der Waals surface area contributed by atoms with E-state index in [2.05, 4.69) is 47.8 Å². The van der Waals surface area contributed by atoms with Gasteiger partial charge in [-0.25, -0.2) is 4.79 Å². The zero-order valence-corrected chi connectivity index (χ0v) is 22.0. The Morgan fingerprint density at radius 2 is 1.74 bits per heavy atom. The summed E-state index contributed by atoms with van der Waals surface area (Å²) >= 11 is 10.2. The van der Waals surface area contributed by atoms with Gasteiger partial charge in [0, 0.05) is 19.8 Å². The monoisotopic (exact) mass is 642 g/mol. The van der Waals surface area contributed by atoms with Crippen LogP contribution in [0.1, 0.15) is 48.9 Å². The van der Waals surface area contributed by atoms with E-state index < -0.39 is 38.8 Å². The van der Waals surface area contributed by atoms with Gasteiger partial charge in [-0.2, -0.15) is 8.42 Å². The fourth-order valence-electron chi connectivity index (χ4n) is 5.89. The molecular weight excluding hydrogens is 624 g/mol. The topological polar surface area (TPSA) is 107 Å². The first-order valence-electron chi connectivity index (χ1n) is 9.91. The summed E-state index contributed by atoms with van der Waals surface area (Å²) in [6.45, 7) is -0.388. The van der Waals surface area contributed by atoms with Crippen LogP contribution in [0, 0.1) is 17.3 Å². The van der Waals surface area contributed by atoms with Crippen molar-refractivity contribution in [2.45, 2.75) is 44.1 Å². The van der Waals surface area contributed by atoms with Gasteiger partial charge in [0.25, 0.3) is 10.1 Å². The van der Waals surface area contributed by atoms with Gasteiger partial charge in [0.05, 0.1) is 11.0 Å². The Kier molecular flexibility index (Phi) is 6.39. The summed E-state index contributed by atoms with van der Waals surface area (Å²) in [5.41, 5.74) is -1.13. The van der Waals surface area contributed by atoms with E-state index in [1.807, 2.05) is 6.07 Å². The number of halogens is 3. The fraction of sp³-hybridized carbons (Fsp3) is 0.600. The van der Waals surface area contributed by atoms with E-state index in [9.17, 15) is 18.0 Å². The van der Waals surface area contributed by atoms with Crippen LogP contribution in [0.3, 0.4) is 0 Å². The summed E-state index contributed by atoms with van der Waals surface area (Å²) in [7, 11) is -4.20. The smallest absolute Gasteiger partial charge is 0.339 e. The predicted molar refractivity (Wildman–Crippen MR) is 122 cm³/mol. The van der Waals surface area contributed by atoms with Gasteiger partial charge in [-0.15, -0.1) is 0 Å². The number of hydrogen-bond donors (Lipinski definition) is 1. The third-order valence-corrected chi connectivity index (χ3v) is 9.69. The van der Waals surface area contributed by atoms with Crippen LogP contribution in [0.25, 0.3) is 0 Å². The molecule has 0 aliphatic heterocycles. The Labute approximate surface area is 205 Å². The first kappa shape index (κ1) is 23.7. The van der Waals surface area contributed by atoms with Crippen LogP contribution < -0.4 is 0 Å². The Morgan fingerprint density at radius 1 is 1.10 bits per heavy atom. The lowest BCUT2D eigenvalue weighted by molar-refractivity contribution is -0.196. The summed E-state index contributed by atoms with van der Waals surface area (Å²) in [6.07, 6.45) is 4.09. The Morgan fingerprint density at radius 3 is 2.35 bits per heavy atom. The lowest BCUT2D eigenvalue weighted by atomic mass is 9.48. The van der Waals surface area contributed by atoms with Crippen molar-refractivity contribution in [3.8, 4) is 0 Å². The van der Waals surface area contributed by atoms with E-state index >= 15 is 0 Å². The zero-order chi connectivity index (χ0) is 22.6. The van der Waals surface area contributed by atoms with Crippen molar-refractivity contribution in [1.29, 1.82) is 0 Å². The fourth-order valence-corrected chi connectivity index (χ4v) is 7.80. The van der Waals surface area contributed by atoms with E-state index in [-0.39, 0.29) is 18.4 Å². The van der Waals surface area contributed by atoms with E-state index in [1.54, 1.807) is 6.07 Å². The molecule has 0 spiro atoms. The second kappa shape index (κ2) is 8.38. The van der Waals surface area contributed by atoms with Gasteiger partial charge in [0.1, 0.15) is 18.0 Å². The number of benzene rings is 1. The molecule has 5 rings (SSSR count). The molecule has 4 aliphatic carbocycles. The molecule has 11 heteroatoms. The highest BCUT2D eigenvalue weighted by atomic mass is 79.9. The molecule has 4 fully saturated rings. The number of hydrogen-bond acceptors (Lipinski definition) is 6. The minimum Gasteiger partial charge on any atom is -0.464 e. The summed E-state index contributed by atoms with van der Waals surface area (Å²) < 4.78 is 44.2. The number of rotatable bonds is 6. The average molecular weight is 645 g/mol. The van der Waals surface area contributed by atoms with Crippen LogP contribution in [-0.4, -0.2) is 42.9 Å². The lowest BCUT2D eigenvalue weighted by Gasteiger charge is -2.59. The van der Waals surface area contributed by atoms with Crippen molar-refractivity contribution < 1.29 is 32.0 Å². The molecule has 170 valence electrons. The molecule has 1 aromatic rings. The van der Waals surface area contributed by atoms with Gasteiger partial charge in [0.15, 0.2) is 0 Å². The molecule has 7 nitrogen and oxygen atoms in total. The molecule has 0 radical (unpaired) electrons. The Bertz CT molecular complexity index is 1030.